The highest BCUT2D eigenvalue weighted by atomic mass is 32.1. The topological polar surface area (TPSA) is 89.0 Å². The Morgan fingerprint density at radius 3 is 2.49 bits per heavy atom. The number of amides is 1. The largest absolute Gasteiger partial charge is 0.503 e. The van der Waals surface area contributed by atoms with Crippen LogP contribution in [-0.4, -0.2) is 40.4 Å². The standard InChI is InChI=1S/C29H32N2O5S/c1-17(2)13-14-36-22-12-11-21(15-23(22)35-5)25-24(26(32)28-18(3)30-19(4)37-28)27(33)29(34)31(25)16-20-9-7-6-8-10-20/h6-12,15,17,25,33H,13-14,16H2,1-5H3. The van der Waals surface area contributed by atoms with Crippen LogP contribution in [0.5, 0.6) is 11.5 Å². The molecule has 1 unspecified atom stereocenters. The molecule has 0 radical (unpaired) electrons. The Labute approximate surface area is 221 Å². The molecule has 0 spiro atoms. The Morgan fingerprint density at radius 2 is 1.86 bits per heavy atom. The van der Waals surface area contributed by atoms with Crippen molar-refractivity contribution in [3.63, 3.8) is 0 Å². The summed E-state index contributed by atoms with van der Waals surface area (Å²) in [5, 5.41) is 11.8. The first-order valence-electron chi connectivity index (χ1n) is 12.3. The van der Waals surface area contributed by atoms with E-state index in [1.54, 1.807) is 26.2 Å². The third-order valence-electron chi connectivity index (χ3n) is 6.31. The number of ketones is 1. The quantitative estimate of drug-likeness (QED) is 0.331. The fraction of sp³-hybridized carbons (Fsp3) is 0.345. The molecule has 194 valence electrons. The van der Waals surface area contributed by atoms with Crippen LogP contribution in [-0.2, 0) is 11.3 Å². The van der Waals surface area contributed by atoms with E-state index in [4.69, 9.17) is 9.47 Å². The van der Waals surface area contributed by atoms with Gasteiger partial charge in [0.1, 0.15) is 0 Å². The average Bonchev–Trinajstić information content (AvgIpc) is 3.34. The highest BCUT2D eigenvalue weighted by Gasteiger charge is 2.44. The predicted molar refractivity (Wildman–Crippen MR) is 143 cm³/mol. The number of nitrogens with zero attached hydrogens (tertiary/aromatic N) is 2. The summed E-state index contributed by atoms with van der Waals surface area (Å²) in [7, 11) is 1.55. The molecule has 0 bridgehead atoms. The molecule has 4 rings (SSSR count). The number of aliphatic hydroxyl groups excluding tert-OH is 1. The van der Waals surface area contributed by atoms with Crippen molar-refractivity contribution in [2.75, 3.05) is 13.7 Å². The van der Waals surface area contributed by atoms with Crippen molar-refractivity contribution in [2.45, 2.75) is 46.7 Å². The first-order chi connectivity index (χ1) is 17.7. The number of carbonyl (C=O) groups excluding carboxylic acids is 2. The van der Waals surface area contributed by atoms with Gasteiger partial charge in [-0.25, -0.2) is 4.98 Å². The Kier molecular flexibility index (Phi) is 7.97. The number of hydrogen-bond acceptors (Lipinski definition) is 7. The van der Waals surface area contributed by atoms with Gasteiger partial charge in [-0.15, -0.1) is 11.3 Å². The van der Waals surface area contributed by atoms with E-state index in [1.165, 1.54) is 16.2 Å². The molecular formula is C29H32N2O5S. The summed E-state index contributed by atoms with van der Waals surface area (Å²) in [6, 6.07) is 14.1. The number of Topliss-reactive ketones (excluding diaryl/α,β-unsaturated/α-hetero) is 1. The monoisotopic (exact) mass is 520 g/mol. The summed E-state index contributed by atoms with van der Waals surface area (Å²) < 4.78 is 11.6. The third kappa shape index (κ3) is 5.54. The minimum atomic E-state index is -0.805. The molecule has 0 saturated heterocycles. The van der Waals surface area contributed by atoms with Gasteiger partial charge in [-0.2, -0.15) is 0 Å². The van der Waals surface area contributed by atoms with Crippen molar-refractivity contribution in [2.24, 2.45) is 5.92 Å². The van der Waals surface area contributed by atoms with Crippen molar-refractivity contribution in [3.8, 4) is 11.5 Å². The fourth-order valence-electron chi connectivity index (χ4n) is 4.42. The van der Waals surface area contributed by atoms with Crippen LogP contribution in [0, 0.1) is 19.8 Å². The summed E-state index contributed by atoms with van der Waals surface area (Å²) in [6.45, 7) is 8.61. The normalized spacial score (nSPS) is 15.6. The van der Waals surface area contributed by atoms with Crippen LogP contribution in [0.4, 0.5) is 0 Å². The van der Waals surface area contributed by atoms with Gasteiger partial charge in [-0.1, -0.05) is 50.2 Å². The van der Waals surface area contributed by atoms with E-state index in [-0.39, 0.29) is 12.1 Å². The summed E-state index contributed by atoms with van der Waals surface area (Å²) >= 11 is 1.26. The number of aromatic nitrogens is 1. The molecule has 37 heavy (non-hydrogen) atoms. The summed E-state index contributed by atoms with van der Waals surface area (Å²) in [6.07, 6.45) is 0.899. The van der Waals surface area contributed by atoms with Gasteiger partial charge in [0.05, 0.1) is 40.9 Å². The first-order valence-corrected chi connectivity index (χ1v) is 13.1. The maximum Gasteiger partial charge on any atom is 0.290 e. The Morgan fingerprint density at radius 1 is 1.14 bits per heavy atom. The molecule has 1 aliphatic heterocycles. The van der Waals surface area contributed by atoms with E-state index in [9.17, 15) is 14.7 Å². The first kappa shape index (κ1) is 26.4. The number of benzene rings is 2. The lowest BCUT2D eigenvalue weighted by Crippen LogP contribution is -2.30. The zero-order chi connectivity index (χ0) is 26.7. The zero-order valence-corrected chi connectivity index (χ0v) is 22.6. The Balaban J connectivity index is 1.77. The predicted octanol–water partition coefficient (Wildman–Crippen LogP) is 5.97. The molecule has 1 amide bonds. The summed E-state index contributed by atoms with van der Waals surface area (Å²) in [5.41, 5.74) is 2.14. The molecule has 1 N–H and O–H groups in total. The van der Waals surface area contributed by atoms with E-state index in [0.29, 0.717) is 40.2 Å². The lowest BCUT2D eigenvalue weighted by atomic mass is 9.94. The number of rotatable bonds is 10. The van der Waals surface area contributed by atoms with Gasteiger partial charge in [-0.05, 0) is 49.4 Å². The van der Waals surface area contributed by atoms with Crippen LogP contribution in [0.2, 0.25) is 0 Å². The molecule has 2 aromatic carbocycles. The maximum atomic E-state index is 13.8. The van der Waals surface area contributed by atoms with E-state index >= 15 is 0 Å². The molecule has 3 aromatic rings. The summed E-state index contributed by atoms with van der Waals surface area (Å²) in [4.78, 5) is 33.4. The van der Waals surface area contributed by atoms with Gasteiger partial charge in [0, 0.05) is 6.54 Å². The van der Waals surface area contributed by atoms with Crippen molar-refractivity contribution in [1.29, 1.82) is 0 Å². The third-order valence-corrected chi connectivity index (χ3v) is 7.38. The van der Waals surface area contributed by atoms with Crippen LogP contribution in [0.1, 0.15) is 57.8 Å². The number of thiazole rings is 1. The van der Waals surface area contributed by atoms with E-state index in [1.807, 2.05) is 43.3 Å². The number of ether oxygens (including phenoxy) is 2. The molecule has 0 fully saturated rings. The smallest absolute Gasteiger partial charge is 0.290 e. The van der Waals surface area contributed by atoms with Gasteiger partial charge >= 0.3 is 0 Å². The van der Waals surface area contributed by atoms with Gasteiger partial charge in [-0.3, -0.25) is 9.59 Å². The Hall–Kier alpha value is -3.65. The van der Waals surface area contributed by atoms with Crippen LogP contribution in [0.3, 0.4) is 0 Å². The van der Waals surface area contributed by atoms with Crippen LogP contribution >= 0.6 is 11.3 Å². The molecule has 2 heterocycles. The molecule has 1 atom stereocenters. The SMILES string of the molecule is COc1cc(C2C(C(=O)c3sc(C)nc3C)=C(O)C(=O)N2Cc2ccccc2)ccc1OCCC(C)C. The van der Waals surface area contributed by atoms with Crippen molar-refractivity contribution >= 4 is 23.0 Å². The van der Waals surface area contributed by atoms with Crippen LogP contribution in [0.25, 0.3) is 0 Å². The number of hydrogen-bond donors (Lipinski definition) is 1. The molecule has 0 saturated carbocycles. The van der Waals surface area contributed by atoms with E-state index in [2.05, 4.69) is 18.8 Å². The lowest BCUT2D eigenvalue weighted by Gasteiger charge is -2.27. The van der Waals surface area contributed by atoms with Gasteiger partial charge in [0.2, 0.25) is 5.78 Å². The number of aryl methyl sites for hydroxylation is 2. The molecular weight excluding hydrogens is 488 g/mol. The second-order valence-electron chi connectivity index (χ2n) is 9.50. The van der Waals surface area contributed by atoms with Crippen LogP contribution < -0.4 is 9.47 Å². The zero-order valence-electron chi connectivity index (χ0n) is 21.8. The minimum absolute atomic E-state index is 0.0446. The van der Waals surface area contributed by atoms with Crippen LogP contribution in [0.15, 0.2) is 59.9 Å². The van der Waals surface area contributed by atoms with Gasteiger partial charge in [0.25, 0.3) is 5.91 Å². The molecule has 7 nitrogen and oxygen atoms in total. The highest BCUT2D eigenvalue weighted by molar-refractivity contribution is 7.14. The number of methoxy groups -OCH3 is 1. The number of aliphatic hydroxyl groups is 1. The lowest BCUT2D eigenvalue weighted by molar-refractivity contribution is -0.130. The van der Waals surface area contributed by atoms with E-state index < -0.39 is 23.5 Å². The number of carbonyl (C=O) groups is 2. The van der Waals surface area contributed by atoms with Crippen molar-refractivity contribution in [1.82, 2.24) is 9.88 Å². The average molecular weight is 521 g/mol. The molecule has 0 aliphatic carbocycles. The van der Waals surface area contributed by atoms with Crippen molar-refractivity contribution < 1.29 is 24.2 Å². The van der Waals surface area contributed by atoms with Gasteiger partial charge in [0.15, 0.2) is 17.3 Å². The van der Waals surface area contributed by atoms with Gasteiger partial charge < -0.3 is 19.5 Å². The molecule has 8 heteroatoms. The summed E-state index contributed by atoms with van der Waals surface area (Å²) in [5.74, 6) is 0.0599. The van der Waals surface area contributed by atoms with Crippen molar-refractivity contribution in [3.05, 3.63) is 86.6 Å². The maximum absolute atomic E-state index is 13.8. The fourth-order valence-corrected chi connectivity index (χ4v) is 5.29. The van der Waals surface area contributed by atoms with E-state index in [0.717, 1.165) is 17.0 Å². The second kappa shape index (κ2) is 11.2. The highest BCUT2D eigenvalue weighted by Crippen LogP contribution is 2.43. The second-order valence-corrected chi connectivity index (χ2v) is 10.7. The molecule has 1 aromatic heterocycles. The molecule has 1 aliphatic rings. The minimum Gasteiger partial charge on any atom is -0.503 e. The Bertz CT molecular complexity index is 1330.